The van der Waals surface area contributed by atoms with Gasteiger partial charge in [-0.25, -0.2) is 0 Å². The molecule has 0 saturated carbocycles. The fraction of sp³-hybridized carbons (Fsp3) is 0.261. The number of benzene rings is 2. The molecule has 2 nitrogen and oxygen atoms in total. The van der Waals surface area contributed by atoms with E-state index in [0.717, 1.165) is 27.4 Å². The van der Waals surface area contributed by atoms with Gasteiger partial charge in [-0.05, 0) is 46.5 Å². The van der Waals surface area contributed by atoms with Crippen molar-refractivity contribution in [2.75, 3.05) is 0 Å². The van der Waals surface area contributed by atoms with E-state index in [4.69, 9.17) is 0 Å². The Morgan fingerprint density at radius 1 is 1.04 bits per heavy atom. The van der Waals surface area contributed by atoms with E-state index in [9.17, 15) is 4.79 Å². The highest BCUT2D eigenvalue weighted by Gasteiger charge is 2.12. The highest BCUT2D eigenvalue weighted by atomic mass is 32.1. The van der Waals surface area contributed by atoms with Gasteiger partial charge >= 0.3 is 0 Å². The molecule has 0 bridgehead atoms. The van der Waals surface area contributed by atoms with Gasteiger partial charge in [-0.1, -0.05) is 64.1 Å². The lowest BCUT2D eigenvalue weighted by molar-refractivity contribution is 0.734. The summed E-state index contributed by atoms with van der Waals surface area (Å²) in [5, 5.41) is 4.16. The zero-order chi connectivity index (χ0) is 18.7. The molecule has 0 aliphatic heterocycles. The van der Waals surface area contributed by atoms with Crippen LogP contribution in [0.25, 0.3) is 32.1 Å². The van der Waals surface area contributed by atoms with Crippen molar-refractivity contribution in [2.45, 2.75) is 40.0 Å². The zero-order valence-corrected chi connectivity index (χ0v) is 16.6. The summed E-state index contributed by atoms with van der Waals surface area (Å²) in [6, 6.07) is 17.0. The highest BCUT2D eigenvalue weighted by molar-refractivity contribution is 7.17. The van der Waals surface area contributed by atoms with E-state index in [1.165, 1.54) is 28.0 Å². The maximum atomic E-state index is 12.2. The van der Waals surface area contributed by atoms with Crippen molar-refractivity contribution in [3.63, 3.8) is 0 Å². The minimum atomic E-state index is -0.00299. The summed E-state index contributed by atoms with van der Waals surface area (Å²) in [6.45, 7) is 8.47. The maximum Gasteiger partial charge on any atom is 0.266 e. The number of aromatic amines is 1. The molecule has 0 amide bonds. The summed E-state index contributed by atoms with van der Waals surface area (Å²) in [6.07, 6.45) is 1.14. The standard InChI is InChI=1S/C21H19NOS.C2H6/c1-3-13(2)14-7-9-15(10-8-14)16-5-4-6-18-19(16)17-11-12-24-20(17)21(23)22-18;1-2/h4-13H,3H2,1-2H3,(H,22,23);1-2H3. The van der Waals surface area contributed by atoms with Gasteiger partial charge in [-0.2, -0.15) is 0 Å². The van der Waals surface area contributed by atoms with E-state index in [1.54, 1.807) is 0 Å². The number of thiophene rings is 1. The Kier molecular flexibility index (Phi) is 5.58. The lowest BCUT2D eigenvalue weighted by atomic mass is 9.94. The van der Waals surface area contributed by atoms with Gasteiger partial charge in [-0.15, -0.1) is 11.3 Å². The molecule has 0 fully saturated rings. The summed E-state index contributed by atoms with van der Waals surface area (Å²) in [5.41, 5.74) is 4.62. The Labute approximate surface area is 158 Å². The molecule has 2 aromatic heterocycles. The Hall–Kier alpha value is -2.39. The van der Waals surface area contributed by atoms with Gasteiger partial charge in [0.25, 0.3) is 5.56 Å². The van der Waals surface area contributed by atoms with E-state index < -0.39 is 0 Å². The van der Waals surface area contributed by atoms with Gasteiger partial charge in [0, 0.05) is 16.3 Å². The third-order valence-electron chi connectivity index (χ3n) is 4.86. The first-order valence-corrected chi connectivity index (χ1v) is 10.2. The predicted octanol–water partition coefficient (Wildman–Crippen LogP) is 6.95. The molecule has 0 spiro atoms. The monoisotopic (exact) mass is 363 g/mol. The van der Waals surface area contributed by atoms with Crippen LogP contribution in [-0.4, -0.2) is 4.98 Å². The molecule has 1 atom stereocenters. The van der Waals surface area contributed by atoms with Crippen LogP contribution < -0.4 is 5.56 Å². The molecule has 2 heterocycles. The number of aromatic nitrogens is 1. The van der Waals surface area contributed by atoms with Crippen LogP contribution in [0.3, 0.4) is 0 Å². The zero-order valence-electron chi connectivity index (χ0n) is 15.8. The molecule has 1 unspecified atom stereocenters. The SMILES string of the molecule is CC.CCC(C)c1ccc(-c2cccc3[nH]c(=O)c4sccc4c23)cc1. The third kappa shape index (κ3) is 3.19. The lowest BCUT2D eigenvalue weighted by Crippen LogP contribution is -2.04. The molecule has 2 aromatic carbocycles. The van der Waals surface area contributed by atoms with Crippen LogP contribution in [0, 0.1) is 0 Å². The Morgan fingerprint density at radius 2 is 1.77 bits per heavy atom. The summed E-state index contributed by atoms with van der Waals surface area (Å²) >= 11 is 1.50. The molecule has 4 rings (SSSR count). The van der Waals surface area contributed by atoms with Gasteiger partial charge in [0.05, 0.1) is 0 Å². The van der Waals surface area contributed by atoms with Crippen molar-refractivity contribution >= 4 is 32.3 Å². The van der Waals surface area contributed by atoms with Crippen LogP contribution in [0.15, 0.2) is 58.7 Å². The van der Waals surface area contributed by atoms with Crippen LogP contribution in [0.5, 0.6) is 0 Å². The lowest BCUT2D eigenvalue weighted by Gasteiger charge is -2.12. The van der Waals surface area contributed by atoms with Crippen LogP contribution in [0.2, 0.25) is 0 Å². The van der Waals surface area contributed by atoms with Crippen molar-refractivity contribution in [2.24, 2.45) is 0 Å². The van der Waals surface area contributed by atoms with Crippen LogP contribution in [0.4, 0.5) is 0 Å². The average molecular weight is 364 g/mol. The van der Waals surface area contributed by atoms with Crippen molar-refractivity contribution in [3.05, 3.63) is 69.8 Å². The number of fused-ring (bicyclic) bond motifs is 3. The maximum absolute atomic E-state index is 12.2. The minimum absolute atomic E-state index is 0.00299. The van der Waals surface area contributed by atoms with E-state index in [2.05, 4.69) is 55.2 Å². The first-order valence-electron chi connectivity index (χ1n) is 9.31. The fourth-order valence-electron chi connectivity index (χ4n) is 3.28. The number of nitrogens with one attached hydrogen (secondary N) is 1. The number of pyridine rings is 1. The first-order chi connectivity index (χ1) is 12.7. The summed E-state index contributed by atoms with van der Waals surface area (Å²) in [4.78, 5) is 15.2. The molecule has 26 heavy (non-hydrogen) atoms. The fourth-order valence-corrected chi connectivity index (χ4v) is 4.07. The van der Waals surface area contributed by atoms with E-state index in [0.29, 0.717) is 5.92 Å². The second-order valence-corrected chi connectivity index (χ2v) is 7.19. The number of hydrogen-bond acceptors (Lipinski definition) is 2. The molecule has 1 N–H and O–H groups in total. The topological polar surface area (TPSA) is 32.9 Å². The van der Waals surface area contributed by atoms with Crippen molar-refractivity contribution in [1.82, 2.24) is 4.98 Å². The summed E-state index contributed by atoms with van der Waals surface area (Å²) in [7, 11) is 0. The second kappa shape index (κ2) is 7.88. The Bertz CT molecular complexity index is 1070. The Morgan fingerprint density at radius 3 is 2.46 bits per heavy atom. The van der Waals surface area contributed by atoms with Crippen molar-refractivity contribution < 1.29 is 0 Å². The Balaban J connectivity index is 0.000000948. The predicted molar refractivity (Wildman–Crippen MR) is 115 cm³/mol. The molecule has 3 heteroatoms. The quantitative estimate of drug-likeness (QED) is 0.420. The van der Waals surface area contributed by atoms with Crippen LogP contribution in [0.1, 0.15) is 45.6 Å². The van der Waals surface area contributed by atoms with Crippen LogP contribution >= 0.6 is 11.3 Å². The average Bonchev–Trinajstić information content (AvgIpc) is 3.19. The van der Waals surface area contributed by atoms with Gasteiger partial charge in [0.15, 0.2) is 0 Å². The molecule has 134 valence electrons. The van der Waals surface area contributed by atoms with Gasteiger partial charge in [-0.3, -0.25) is 4.79 Å². The first kappa shape index (κ1) is 18.4. The van der Waals surface area contributed by atoms with Gasteiger partial charge in [0.2, 0.25) is 0 Å². The second-order valence-electron chi connectivity index (χ2n) is 6.28. The molecule has 0 radical (unpaired) electrons. The third-order valence-corrected chi connectivity index (χ3v) is 5.77. The summed E-state index contributed by atoms with van der Waals surface area (Å²) < 4.78 is 0.797. The van der Waals surface area contributed by atoms with Crippen LogP contribution in [-0.2, 0) is 0 Å². The van der Waals surface area contributed by atoms with E-state index >= 15 is 0 Å². The van der Waals surface area contributed by atoms with E-state index in [-0.39, 0.29) is 5.56 Å². The smallest absolute Gasteiger partial charge is 0.266 e. The number of hydrogen-bond donors (Lipinski definition) is 1. The molecule has 0 saturated heterocycles. The molecule has 0 aliphatic carbocycles. The van der Waals surface area contributed by atoms with Gasteiger partial charge in [0.1, 0.15) is 4.70 Å². The van der Waals surface area contributed by atoms with E-state index in [1.807, 2.05) is 31.4 Å². The number of H-pyrrole nitrogens is 1. The molecular formula is C23H25NOS. The molecule has 0 aliphatic rings. The van der Waals surface area contributed by atoms with Crippen molar-refractivity contribution in [1.29, 1.82) is 0 Å². The van der Waals surface area contributed by atoms with Gasteiger partial charge < -0.3 is 4.98 Å². The molecular weight excluding hydrogens is 338 g/mol. The highest BCUT2D eigenvalue weighted by Crippen LogP contribution is 2.34. The largest absolute Gasteiger partial charge is 0.321 e. The minimum Gasteiger partial charge on any atom is -0.321 e. The molecule has 4 aromatic rings. The number of rotatable bonds is 3. The van der Waals surface area contributed by atoms with Crippen molar-refractivity contribution in [3.8, 4) is 11.1 Å². The summed E-state index contributed by atoms with van der Waals surface area (Å²) in [5.74, 6) is 0.575. The normalized spacial score (nSPS) is 12.0.